The Morgan fingerprint density at radius 2 is 1.84 bits per heavy atom. The average molecular weight is 277 g/mol. The van der Waals surface area contributed by atoms with Gasteiger partial charge in [-0.2, -0.15) is 0 Å². The van der Waals surface area contributed by atoms with Crippen LogP contribution in [0.25, 0.3) is 0 Å². The van der Waals surface area contributed by atoms with Gasteiger partial charge in [0.1, 0.15) is 5.82 Å². The topological polar surface area (TPSA) is 17.1 Å². The monoisotopic (exact) mass is 276 g/mol. The van der Waals surface area contributed by atoms with E-state index < -0.39 is 0 Å². The van der Waals surface area contributed by atoms with Crippen molar-refractivity contribution >= 4 is 17.4 Å². The van der Waals surface area contributed by atoms with E-state index in [0.29, 0.717) is 16.1 Å². The highest BCUT2D eigenvalue weighted by atomic mass is 35.5. The van der Waals surface area contributed by atoms with Crippen molar-refractivity contribution in [1.29, 1.82) is 0 Å². The van der Waals surface area contributed by atoms with Crippen LogP contribution in [0.1, 0.15) is 27.0 Å². The van der Waals surface area contributed by atoms with E-state index in [1.165, 1.54) is 18.2 Å². The first-order valence-corrected chi connectivity index (χ1v) is 6.39. The van der Waals surface area contributed by atoms with Gasteiger partial charge in [-0.15, -0.1) is 0 Å². The van der Waals surface area contributed by atoms with Crippen molar-refractivity contribution in [3.8, 4) is 0 Å². The zero-order valence-electron chi connectivity index (χ0n) is 10.8. The van der Waals surface area contributed by atoms with E-state index in [2.05, 4.69) is 0 Å². The fourth-order valence-corrected chi connectivity index (χ4v) is 2.17. The SMILES string of the molecule is Cc1ccc(CC(=O)c2ccc(F)cc2C)cc1Cl. The molecule has 0 heterocycles. The molecule has 0 bridgehead atoms. The van der Waals surface area contributed by atoms with Crippen LogP contribution in [-0.4, -0.2) is 5.78 Å². The van der Waals surface area contributed by atoms with Crippen molar-refractivity contribution in [2.75, 3.05) is 0 Å². The fourth-order valence-electron chi connectivity index (χ4n) is 1.97. The summed E-state index contributed by atoms with van der Waals surface area (Å²) in [6.07, 6.45) is 0.270. The Bertz CT molecular complexity index is 635. The van der Waals surface area contributed by atoms with Gasteiger partial charge in [-0.3, -0.25) is 4.79 Å². The molecule has 2 rings (SSSR count). The minimum Gasteiger partial charge on any atom is -0.294 e. The van der Waals surface area contributed by atoms with Gasteiger partial charge in [0.05, 0.1) is 0 Å². The Hall–Kier alpha value is -1.67. The van der Waals surface area contributed by atoms with E-state index in [9.17, 15) is 9.18 Å². The van der Waals surface area contributed by atoms with Crippen molar-refractivity contribution in [3.05, 3.63) is 69.5 Å². The molecule has 1 nitrogen and oxygen atoms in total. The van der Waals surface area contributed by atoms with Crippen LogP contribution in [-0.2, 0) is 6.42 Å². The van der Waals surface area contributed by atoms with Crippen molar-refractivity contribution in [1.82, 2.24) is 0 Å². The molecule has 0 aliphatic rings. The molecule has 0 radical (unpaired) electrons. The van der Waals surface area contributed by atoms with Crippen LogP contribution < -0.4 is 0 Å². The molecular weight excluding hydrogens is 263 g/mol. The number of hydrogen-bond donors (Lipinski definition) is 0. The lowest BCUT2D eigenvalue weighted by molar-refractivity contribution is 0.0992. The minimum absolute atomic E-state index is 0.0302. The van der Waals surface area contributed by atoms with Gasteiger partial charge in [-0.1, -0.05) is 23.7 Å². The van der Waals surface area contributed by atoms with Crippen LogP contribution in [0.4, 0.5) is 4.39 Å². The molecule has 98 valence electrons. The number of ketones is 1. The van der Waals surface area contributed by atoms with E-state index >= 15 is 0 Å². The molecule has 0 aromatic heterocycles. The summed E-state index contributed by atoms with van der Waals surface area (Å²) in [6.45, 7) is 3.65. The number of benzene rings is 2. The predicted molar refractivity (Wildman–Crippen MR) is 75.4 cm³/mol. The van der Waals surface area contributed by atoms with E-state index in [0.717, 1.165) is 11.1 Å². The largest absolute Gasteiger partial charge is 0.294 e. The molecule has 0 saturated heterocycles. The van der Waals surface area contributed by atoms with Gasteiger partial charge in [0.25, 0.3) is 0 Å². The molecule has 0 aliphatic heterocycles. The second-order valence-electron chi connectivity index (χ2n) is 4.64. The van der Waals surface area contributed by atoms with Gasteiger partial charge in [-0.25, -0.2) is 4.39 Å². The summed E-state index contributed by atoms with van der Waals surface area (Å²) in [7, 11) is 0. The van der Waals surface area contributed by atoms with Crippen LogP contribution in [0.15, 0.2) is 36.4 Å². The Kier molecular flexibility index (Phi) is 4.01. The standard InChI is InChI=1S/C16H14ClFO/c1-10-3-4-12(8-15(10)17)9-16(19)14-6-5-13(18)7-11(14)2/h3-8H,9H2,1-2H3. The Morgan fingerprint density at radius 1 is 1.11 bits per heavy atom. The molecule has 0 saturated carbocycles. The average Bonchev–Trinajstić information content (AvgIpc) is 2.33. The third kappa shape index (κ3) is 3.21. The van der Waals surface area contributed by atoms with Crippen molar-refractivity contribution in [3.63, 3.8) is 0 Å². The lowest BCUT2D eigenvalue weighted by Crippen LogP contribution is -2.06. The number of halogens is 2. The summed E-state index contributed by atoms with van der Waals surface area (Å²) < 4.78 is 13.0. The Balaban J connectivity index is 2.23. The maximum Gasteiger partial charge on any atom is 0.167 e. The zero-order valence-corrected chi connectivity index (χ0v) is 11.6. The van der Waals surface area contributed by atoms with Crippen molar-refractivity contribution < 1.29 is 9.18 Å². The van der Waals surface area contributed by atoms with Gasteiger partial charge in [-0.05, 0) is 54.8 Å². The van der Waals surface area contributed by atoms with E-state index in [4.69, 9.17) is 11.6 Å². The smallest absolute Gasteiger partial charge is 0.167 e. The fraction of sp³-hybridized carbons (Fsp3) is 0.188. The van der Waals surface area contributed by atoms with E-state index in [1.54, 1.807) is 13.0 Å². The first kappa shape index (κ1) is 13.8. The summed E-state index contributed by atoms with van der Waals surface area (Å²) in [5.74, 6) is -0.357. The molecule has 0 amide bonds. The zero-order chi connectivity index (χ0) is 14.0. The molecule has 3 heteroatoms. The van der Waals surface area contributed by atoms with Crippen LogP contribution >= 0.6 is 11.6 Å². The summed E-state index contributed by atoms with van der Waals surface area (Å²) >= 11 is 6.03. The van der Waals surface area contributed by atoms with E-state index in [1.807, 2.05) is 19.1 Å². The lowest BCUT2D eigenvalue weighted by atomic mass is 9.98. The summed E-state index contributed by atoms with van der Waals surface area (Å²) in [5, 5.41) is 0.654. The lowest BCUT2D eigenvalue weighted by Gasteiger charge is -2.06. The number of rotatable bonds is 3. The number of hydrogen-bond acceptors (Lipinski definition) is 1. The first-order valence-electron chi connectivity index (χ1n) is 6.02. The maximum absolute atomic E-state index is 13.0. The van der Waals surface area contributed by atoms with Crippen LogP contribution in [0.5, 0.6) is 0 Å². The molecule has 2 aromatic carbocycles. The van der Waals surface area contributed by atoms with Gasteiger partial charge >= 0.3 is 0 Å². The highest BCUT2D eigenvalue weighted by molar-refractivity contribution is 6.31. The molecule has 0 N–H and O–H groups in total. The van der Waals surface area contributed by atoms with Gasteiger partial charge in [0, 0.05) is 17.0 Å². The maximum atomic E-state index is 13.0. The quantitative estimate of drug-likeness (QED) is 0.753. The van der Waals surface area contributed by atoms with Crippen molar-refractivity contribution in [2.45, 2.75) is 20.3 Å². The highest BCUT2D eigenvalue weighted by Crippen LogP contribution is 2.19. The van der Waals surface area contributed by atoms with Crippen LogP contribution in [0.3, 0.4) is 0 Å². The number of Topliss-reactive ketones (excluding diaryl/α,β-unsaturated/α-hetero) is 1. The molecule has 0 spiro atoms. The van der Waals surface area contributed by atoms with E-state index in [-0.39, 0.29) is 18.0 Å². The molecule has 0 aliphatic carbocycles. The second kappa shape index (κ2) is 5.54. The minimum atomic E-state index is -0.326. The third-order valence-corrected chi connectivity index (χ3v) is 3.50. The number of carbonyl (C=O) groups is 1. The van der Waals surface area contributed by atoms with Crippen LogP contribution in [0.2, 0.25) is 5.02 Å². The van der Waals surface area contributed by atoms with Gasteiger partial charge in [0.15, 0.2) is 5.78 Å². The van der Waals surface area contributed by atoms with Crippen LogP contribution in [0, 0.1) is 19.7 Å². The van der Waals surface area contributed by atoms with Crippen molar-refractivity contribution in [2.24, 2.45) is 0 Å². The van der Waals surface area contributed by atoms with Gasteiger partial charge < -0.3 is 0 Å². The normalized spacial score (nSPS) is 10.5. The summed E-state index contributed by atoms with van der Waals surface area (Å²) in [4.78, 5) is 12.2. The summed E-state index contributed by atoms with van der Waals surface area (Å²) in [5.41, 5.74) is 3.06. The second-order valence-corrected chi connectivity index (χ2v) is 5.05. The number of aryl methyl sites for hydroxylation is 2. The molecule has 19 heavy (non-hydrogen) atoms. The Morgan fingerprint density at radius 3 is 2.47 bits per heavy atom. The summed E-state index contributed by atoms with van der Waals surface area (Å²) in [6, 6.07) is 9.79. The molecule has 0 unspecified atom stereocenters. The molecular formula is C16H14ClFO. The highest BCUT2D eigenvalue weighted by Gasteiger charge is 2.11. The first-order chi connectivity index (χ1) is 8.97. The van der Waals surface area contributed by atoms with Gasteiger partial charge in [0.2, 0.25) is 0 Å². The predicted octanol–water partition coefficient (Wildman–Crippen LogP) is 4.52. The third-order valence-electron chi connectivity index (χ3n) is 3.09. The molecule has 0 fully saturated rings. The Labute approximate surface area is 117 Å². The number of carbonyl (C=O) groups excluding carboxylic acids is 1. The molecule has 2 aromatic rings. The molecule has 0 atom stereocenters.